The number of aromatic nitrogens is 4. The Bertz CT molecular complexity index is 1160. The molecule has 5 rings (SSSR count). The highest BCUT2D eigenvalue weighted by atomic mass is 16.2. The first-order valence-electron chi connectivity index (χ1n) is 9.84. The number of pyridine rings is 1. The van der Waals surface area contributed by atoms with Gasteiger partial charge in [-0.05, 0) is 31.9 Å². The summed E-state index contributed by atoms with van der Waals surface area (Å²) in [5, 5.41) is 8.75. The van der Waals surface area contributed by atoms with Gasteiger partial charge in [0, 0.05) is 30.9 Å². The lowest BCUT2D eigenvalue weighted by Crippen LogP contribution is -2.35. The van der Waals surface area contributed by atoms with E-state index >= 15 is 0 Å². The summed E-state index contributed by atoms with van der Waals surface area (Å²) in [6, 6.07) is 14.9. The third kappa shape index (κ3) is 2.85. The summed E-state index contributed by atoms with van der Waals surface area (Å²) in [5.74, 6) is 0.634. The van der Waals surface area contributed by atoms with Crippen LogP contribution in [0.2, 0.25) is 0 Å². The van der Waals surface area contributed by atoms with E-state index in [-0.39, 0.29) is 16.9 Å². The zero-order valence-electron chi connectivity index (χ0n) is 16.2. The summed E-state index contributed by atoms with van der Waals surface area (Å²) in [6.07, 6.45) is 1.57. The van der Waals surface area contributed by atoms with Gasteiger partial charge in [0.2, 0.25) is 0 Å². The number of carbonyl (C=O) groups excluding carboxylic acids is 1. The summed E-state index contributed by atoms with van der Waals surface area (Å²) >= 11 is 0. The molecule has 146 valence electrons. The van der Waals surface area contributed by atoms with Crippen LogP contribution in [0.3, 0.4) is 0 Å². The van der Waals surface area contributed by atoms with Crippen molar-refractivity contribution in [3.8, 4) is 11.3 Å². The minimum atomic E-state index is -0.305. The molecule has 1 saturated heterocycles. The molecule has 1 spiro atoms. The van der Waals surface area contributed by atoms with Crippen LogP contribution in [-0.2, 0) is 12.0 Å². The maximum atomic E-state index is 13.0. The van der Waals surface area contributed by atoms with Crippen LogP contribution in [0.5, 0.6) is 0 Å². The van der Waals surface area contributed by atoms with Crippen molar-refractivity contribution in [2.75, 3.05) is 13.1 Å². The van der Waals surface area contributed by atoms with Crippen molar-refractivity contribution in [3.63, 3.8) is 0 Å². The first kappa shape index (κ1) is 17.7. The van der Waals surface area contributed by atoms with Gasteiger partial charge >= 0.3 is 0 Å². The Balaban J connectivity index is 1.46. The number of amides is 1. The molecule has 2 aliphatic heterocycles. The lowest BCUT2D eigenvalue weighted by Gasteiger charge is -2.23. The fourth-order valence-corrected chi connectivity index (χ4v) is 4.49. The summed E-state index contributed by atoms with van der Waals surface area (Å²) in [4.78, 5) is 32.2. The van der Waals surface area contributed by atoms with E-state index in [0.717, 1.165) is 24.1 Å². The Morgan fingerprint density at radius 2 is 1.79 bits per heavy atom. The molecule has 0 aliphatic carbocycles. The Kier molecular flexibility index (Phi) is 4.04. The zero-order valence-corrected chi connectivity index (χ0v) is 16.2. The number of hydrogen-bond donors (Lipinski definition) is 0. The van der Waals surface area contributed by atoms with E-state index in [4.69, 9.17) is 0 Å². The minimum absolute atomic E-state index is 0.0692. The number of hydrogen-bond acceptors (Lipinski definition) is 5. The SMILES string of the molecule is Cc1cccc(C(=O)N2CC[C@]3(CCn4c3nnc(-c3ccccc3)c4=O)C2)n1. The van der Waals surface area contributed by atoms with Gasteiger partial charge < -0.3 is 4.90 Å². The topological polar surface area (TPSA) is 81.0 Å². The van der Waals surface area contributed by atoms with Gasteiger partial charge in [0.15, 0.2) is 5.69 Å². The monoisotopic (exact) mass is 387 g/mol. The van der Waals surface area contributed by atoms with Gasteiger partial charge in [0.25, 0.3) is 11.5 Å². The van der Waals surface area contributed by atoms with Crippen LogP contribution < -0.4 is 5.56 Å². The van der Waals surface area contributed by atoms with Crippen molar-refractivity contribution in [2.24, 2.45) is 0 Å². The molecule has 0 bridgehead atoms. The van der Waals surface area contributed by atoms with E-state index in [2.05, 4.69) is 15.2 Å². The maximum absolute atomic E-state index is 13.0. The van der Waals surface area contributed by atoms with E-state index in [1.54, 1.807) is 10.6 Å². The molecule has 4 heterocycles. The normalized spacial score (nSPS) is 20.2. The third-order valence-corrected chi connectivity index (χ3v) is 6.03. The second-order valence-electron chi connectivity index (χ2n) is 7.87. The number of benzene rings is 1. The predicted molar refractivity (Wildman–Crippen MR) is 108 cm³/mol. The van der Waals surface area contributed by atoms with Gasteiger partial charge in [-0.1, -0.05) is 36.4 Å². The van der Waals surface area contributed by atoms with Gasteiger partial charge in [-0.25, -0.2) is 4.98 Å². The van der Waals surface area contributed by atoms with Crippen LogP contribution in [0, 0.1) is 6.92 Å². The smallest absolute Gasteiger partial charge is 0.280 e. The minimum Gasteiger partial charge on any atom is -0.336 e. The van der Waals surface area contributed by atoms with E-state index in [1.807, 2.05) is 54.3 Å². The molecule has 2 aliphatic rings. The van der Waals surface area contributed by atoms with Crippen LogP contribution in [0.25, 0.3) is 11.3 Å². The number of fused-ring (bicyclic) bond motifs is 2. The van der Waals surface area contributed by atoms with Crippen molar-refractivity contribution in [1.29, 1.82) is 0 Å². The van der Waals surface area contributed by atoms with Gasteiger partial charge in [0.05, 0.1) is 5.41 Å². The average molecular weight is 387 g/mol. The zero-order chi connectivity index (χ0) is 20.0. The van der Waals surface area contributed by atoms with Crippen LogP contribution in [0.4, 0.5) is 0 Å². The van der Waals surface area contributed by atoms with Gasteiger partial charge in [-0.2, -0.15) is 0 Å². The van der Waals surface area contributed by atoms with Gasteiger partial charge in [0.1, 0.15) is 11.5 Å². The molecule has 3 aromatic rings. The van der Waals surface area contributed by atoms with E-state index in [1.165, 1.54) is 0 Å². The van der Waals surface area contributed by atoms with Gasteiger partial charge in [-0.3, -0.25) is 14.2 Å². The molecule has 1 fully saturated rings. The lowest BCUT2D eigenvalue weighted by atomic mass is 9.85. The van der Waals surface area contributed by atoms with E-state index in [9.17, 15) is 9.59 Å². The molecule has 0 saturated carbocycles. The van der Waals surface area contributed by atoms with Crippen LogP contribution in [-0.4, -0.2) is 43.6 Å². The second kappa shape index (κ2) is 6.62. The molecule has 0 radical (unpaired) electrons. The molecule has 0 N–H and O–H groups in total. The third-order valence-electron chi connectivity index (χ3n) is 6.03. The summed E-state index contributed by atoms with van der Waals surface area (Å²) < 4.78 is 1.74. The standard InChI is InChI=1S/C22H21N5O2/c1-15-6-5-9-17(23-15)19(28)26-12-10-22(14-26)11-13-27-20(29)18(24-25-21(22)27)16-7-3-2-4-8-16/h2-9H,10-14H2,1H3/t22-/m0/s1. The lowest BCUT2D eigenvalue weighted by molar-refractivity contribution is 0.0777. The molecule has 7 nitrogen and oxygen atoms in total. The fourth-order valence-electron chi connectivity index (χ4n) is 4.49. The average Bonchev–Trinajstić information content (AvgIpc) is 3.34. The number of rotatable bonds is 2. The molecule has 1 amide bonds. The fraction of sp³-hybridized carbons (Fsp3) is 0.318. The Morgan fingerprint density at radius 1 is 1.00 bits per heavy atom. The first-order chi connectivity index (χ1) is 14.1. The molecule has 1 aromatic carbocycles. The largest absolute Gasteiger partial charge is 0.336 e. The van der Waals surface area contributed by atoms with E-state index in [0.29, 0.717) is 36.8 Å². The number of carbonyl (C=O) groups is 1. The quantitative estimate of drug-likeness (QED) is 0.673. The van der Waals surface area contributed by atoms with Gasteiger partial charge in [-0.15, -0.1) is 10.2 Å². The highest BCUT2D eigenvalue weighted by Gasteiger charge is 2.48. The Hall–Kier alpha value is -3.35. The molecule has 0 unspecified atom stereocenters. The Morgan fingerprint density at radius 3 is 2.59 bits per heavy atom. The summed E-state index contributed by atoms with van der Waals surface area (Å²) in [5.41, 5.74) is 2.02. The molecule has 1 atom stereocenters. The summed E-state index contributed by atoms with van der Waals surface area (Å²) in [6.45, 7) is 3.65. The molecule has 29 heavy (non-hydrogen) atoms. The molecule has 2 aromatic heterocycles. The van der Waals surface area contributed by atoms with Crippen LogP contribution in [0.1, 0.15) is 34.8 Å². The van der Waals surface area contributed by atoms with Crippen molar-refractivity contribution in [2.45, 2.75) is 31.7 Å². The van der Waals surface area contributed by atoms with E-state index < -0.39 is 0 Å². The molecular weight excluding hydrogens is 366 g/mol. The summed E-state index contributed by atoms with van der Waals surface area (Å²) in [7, 11) is 0. The highest BCUT2D eigenvalue weighted by Crippen LogP contribution is 2.41. The van der Waals surface area contributed by atoms with Crippen LogP contribution in [0.15, 0.2) is 53.3 Å². The van der Waals surface area contributed by atoms with Crippen molar-refractivity contribution in [3.05, 3.63) is 76.1 Å². The van der Waals surface area contributed by atoms with Crippen LogP contribution >= 0.6 is 0 Å². The molecule has 7 heteroatoms. The first-order valence-corrected chi connectivity index (χ1v) is 9.84. The highest BCUT2D eigenvalue weighted by molar-refractivity contribution is 5.92. The Labute approximate surface area is 168 Å². The van der Waals surface area contributed by atoms with Crippen molar-refractivity contribution in [1.82, 2.24) is 24.6 Å². The molecular formula is C22H21N5O2. The van der Waals surface area contributed by atoms with Crippen molar-refractivity contribution < 1.29 is 4.79 Å². The maximum Gasteiger partial charge on any atom is 0.280 e. The van der Waals surface area contributed by atoms with Crippen molar-refractivity contribution >= 4 is 5.91 Å². The number of nitrogens with zero attached hydrogens (tertiary/aromatic N) is 5. The number of aryl methyl sites for hydroxylation is 1. The second-order valence-corrected chi connectivity index (χ2v) is 7.87. The predicted octanol–water partition coefficient (Wildman–Crippen LogP) is 2.20. The number of likely N-dealkylation sites (tertiary alicyclic amines) is 1.